The van der Waals surface area contributed by atoms with Crippen LogP contribution in [-0.2, 0) is 0 Å². The summed E-state index contributed by atoms with van der Waals surface area (Å²) in [6.45, 7) is 0. The van der Waals surface area contributed by atoms with Crippen LogP contribution < -0.4 is 10.5 Å². The number of hydrogen-bond acceptors (Lipinski definition) is 2. The zero-order valence-corrected chi connectivity index (χ0v) is 12.0. The number of methoxy groups -OCH3 is 1. The summed E-state index contributed by atoms with van der Waals surface area (Å²) >= 11 is 3.01. The third kappa shape index (κ3) is 2.81. The fourth-order valence-electron chi connectivity index (χ4n) is 1.85. The first-order chi connectivity index (χ1) is 9.43. The van der Waals surface area contributed by atoms with Gasteiger partial charge in [-0.05, 0) is 33.6 Å². The number of halogens is 4. The molecule has 0 aliphatic carbocycles. The van der Waals surface area contributed by atoms with Gasteiger partial charge in [-0.15, -0.1) is 0 Å². The van der Waals surface area contributed by atoms with E-state index < -0.39 is 23.5 Å². The van der Waals surface area contributed by atoms with E-state index in [1.54, 1.807) is 0 Å². The zero-order chi connectivity index (χ0) is 14.9. The lowest BCUT2D eigenvalue weighted by Gasteiger charge is -2.16. The molecule has 0 aliphatic rings. The summed E-state index contributed by atoms with van der Waals surface area (Å²) in [4.78, 5) is 0. The Balaban J connectivity index is 2.47. The maximum atomic E-state index is 13.9. The van der Waals surface area contributed by atoms with Crippen LogP contribution in [0.15, 0.2) is 34.8 Å². The van der Waals surface area contributed by atoms with Crippen molar-refractivity contribution in [3.8, 4) is 5.75 Å². The van der Waals surface area contributed by atoms with E-state index in [2.05, 4.69) is 15.9 Å². The molecule has 0 saturated heterocycles. The van der Waals surface area contributed by atoms with E-state index in [0.717, 1.165) is 12.1 Å². The smallest absolute Gasteiger partial charge is 0.137 e. The molecule has 0 aliphatic heterocycles. The Morgan fingerprint density at radius 1 is 1.05 bits per heavy atom. The number of ether oxygens (including phenoxy) is 1. The number of benzene rings is 2. The van der Waals surface area contributed by atoms with Gasteiger partial charge in [-0.2, -0.15) is 0 Å². The molecule has 0 saturated carbocycles. The Morgan fingerprint density at radius 3 is 2.15 bits per heavy atom. The Bertz CT molecular complexity index is 625. The monoisotopic (exact) mass is 345 g/mol. The third-order valence-corrected chi connectivity index (χ3v) is 3.51. The van der Waals surface area contributed by atoms with Crippen LogP contribution >= 0.6 is 15.9 Å². The van der Waals surface area contributed by atoms with Crippen molar-refractivity contribution in [1.82, 2.24) is 0 Å². The molecule has 0 aromatic heterocycles. The minimum atomic E-state index is -1.04. The van der Waals surface area contributed by atoms with Gasteiger partial charge in [0, 0.05) is 17.7 Å². The predicted molar refractivity (Wildman–Crippen MR) is 73.0 cm³/mol. The molecule has 0 amide bonds. The standard InChI is InChI=1S/C14H11BrF3NO/c1-20-8-5-11(17)13(12(18)6-8)14(19)7-2-3-10(16)9(15)4-7/h2-6,14H,19H2,1H3. The van der Waals surface area contributed by atoms with Crippen molar-refractivity contribution in [1.29, 1.82) is 0 Å². The second-order valence-corrected chi connectivity index (χ2v) is 5.01. The number of hydrogen-bond donors (Lipinski definition) is 1. The molecule has 0 spiro atoms. The van der Waals surface area contributed by atoms with Crippen molar-refractivity contribution in [2.45, 2.75) is 6.04 Å². The van der Waals surface area contributed by atoms with Crippen LogP contribution in [0, 0.1) is 17.5 Å². The Hall–Kier alpha value is -1.53. The molecule has 1 unspecified atom stereocenters. The molecule has 1 atom stereocenters. The van der Waals surface area contributed by atoms with Gasteiger partial charge in [0.2, 0.25) is 0 Å². The van der Waals surface area contributed by atoms with Crippen LogP contribution in [-0.4, -0.2) is 7.11 Å². The Labute approximate surface area is 122 Å². The molecule has 20 heavy (non-hydrogen) atoms. The summed E-state index contributed by atoms with van der Waals surface area (Å²) in [7, 11) is 1.31. The first kappa shape index (κ1) is 14.9. The second-order valence-electron chi connectivity index (χ2n) is 4.16. The highest BCUT2D eigenvalue weighted by Gasteiger charge is 2.20. The van der Waals surface area contributed by atoms with Gasteiger partial charge in [-0.3, -0.25) is 0 Å². The van der Waals surface area contributed by atoms with Crippen molar-refractivity contribution in [3.63, 3.8) is 0 Å². The van der Waals surface area contributed by atoms with Crippen molar-refractivity contribution >= 4 is 15.9 Å². The van der Waals surface area contributed by atoms with Crippen LogP contribution in [0.2, 0.25) is 0 Å². The quantitative estimate of drug-likeness (QED) is 0.914. The lowest BCUT2D eigenvalue weighted by Crippen LogP contribution is -2.16. The van der Waals surface area contributed by atoms with Gasteiger partial charge in [-0.1, -0.05) is 6.07 Å². The van der Waals surface area contributed by atoms with E-state index in [1.165, 1.54) is 25.3 Å². The lowest BCUT2D eigenvalue weighted by molar-refractivity contribution is 0.404. The summed E-state index contributed by atoms with van der Waals surface area (Å²) < 4.78 is 46.0. The lowest BCUT2D eigenvalue weighted by atomic mass is 9.98. The van der Waals surface area contributed by atoms with Crippen molar-refractivity contribution in [2.75, 3.05) is 7.11 Å². The molecule has 0 fully saturated rings. The summed E-state index contributed by atoms with van der Waals surface area (Å²) in [5.41, 5.74) is 5.97. The number of rotatable bonds is 3. The van der Waals surface area contributed by atoms with Gasteiger partial charge in [0.25, 0.3) is 0 Å². The van der Waals surface area contributed by atoms with E-state index in [-0.39, 0.29) is 15.8 Å². The number of nitrogens with two attached hydrogens (primary N) is 1. The second kappa shape index (κ2) is 5.85. The van der Waals surface area contributed by atoms with Crippen LogP contribution in [0.1, 0.15) is 17.2 Å². The van der Waals surface area contributed by atoms with E-state index in [0.29, 0.717) is 5.56 Å². The highest BCUT2D eigenvalue weighted by Crippen LogP contribution is 2.30. The molecule has 2 aromatic rings. The Morgan fingerprint density at radius 2 is 1.65 bits per heavy atom. The topological polar surface area (TPSA) is 35.2 Å². The highest BCUT2D eigenvalue weighted by atomic mass is 79.9. The van der Waals surface area contributed by atoms with E-state index in [1.807, 2.05) is 0 Å². The summed E-state index contributed by atoms with van der Waals surface area (Å²) in [6.07, 6.45) is 0. The molecule has 0 bridgehead atoms. The molecule has 2 aromatic carbocycles. The van der Waals surface area contributed by atoms with E-state index >= 15 is 0 Å². The summed E-state index contributed by atoms with van der Waals surface area (Å²) in [6, 6.07) is 5.02. The normalized spacial score (nSPS) is 12.3. The fourth-order valence-corrected chi connectivity index (χ4v) is 2.24. The molecular formula is C14H11BrF3NO. The van der Waals surface area contributed by atoms with Crippen LogP contribution in [0.3, 0.4) is 0 Å². The van der Waals surface area contributed by atoms with Gasteiger partial charge in [-0.25, -0.2) is 13.2 Å². The van der Waals surface area contributed by atoms with Gasteiger partial charge in [0.1, 0.15) is 23.2 Å². The first-order valence-electron chi connectivity index (χ1n) is 5.67. The Kier molecular flexibility index (Phi) is 4.35. The first-order valence-corrected chi connectivity index (χ1v) is 6.46. The maximum absolute atomic E-state index is 13.9. The largest absolute Gasteiger partial charge is 0.497 e. The van der Waals surface area contributed by atoms with Gasteiger partial charge in [0.15, 0.2) is 0 Å². The van der Waals surface area contributed by atoms with Gasteiger partial charge < -0.3 is 10.5 Å². The maximum Gasteiger partial charge on any atom is 0.137 e. The van der Waals surface area contributed by atoms with Gasteiger partial charge >= 0.3 is 0 Å². The molecule has 2 nitrogen and oxygen atoms in total. The summed E-state index contributed by atoms with van der Waals surface area (Å²) in [5, 5.41) is 0. The molecule has 106 valence electrons. The van der Waals surface area contributed by atoms with Crippen LogP contribution in [0.5, 0.6) is 5.75 Å². The highest BCUT2D eigenvalue weighted by molar-refractivity contribution is 9.10. The molecular weight excluding hydrogens is 335 g/mol. The average Bonchev–Trinajstić information content (AvgIpc) is 2.40. The molecule has 2 N–H and O–H groups in total. The molecule has 2 rings (SSSR count). The van der Waals surface area contributed by atoms with Crippen LogP contribution in [0.4, 0.5) is 13.2 Å². The molecule has 0 heterocycles. The zero-order valence-electron chi connectivity index (χ0n) is 10.5. The fraction of sp³-hybridized carbons (Fsp3) is 0.143. The predicted octanol–water partition coefficient (Wildman–Crippen LogP) is 3.92. The SMILES string of the molecule is COc1cc(F)c(C(N)c2ccc(F)c(Br)c2)c(F)c1. The third-order valence-electron chi connectivity index (χ3n) is 2.90. The average molecular weight is 346 g/mol. The molecule has 6 heteroatoms. The van der Waals surface area contributed by atoms with Crippen LogP contribution in [0.25, 0.3) is 0 Å². The van der Waals surface area contributed by atoms with Crippen molar-refractivity contribution in [3.05, 3.63) is 63.4 Å². The molecule has 0 radical (unpaired) electrons. The van der Waals surface area contributed by atoms with Crippen molar-refractivity contribution < 1.29 is 17.9 Å². The van der Waals surface area contributed by atoms with E-state index in [9.17, 15) is 13.2 Å². The minimum absolute atomic E-state index is 0.0660. The minimum Gasteiger partial charge on any atom is -0.497 e. The summed E-state index contributed by atoms with van der Waals surface area (Å²) in [5.74, 6) is -2.03. The van der Waals surface area contributed by atoms with E-state index in [4.69, 9.17) is 10.5 Å². The van der Waals surface area contributed by atoms with Crippen molar-refractivity contribution in [2.24, 2.45) is 5.73 Å². The van der Waals surface area contributed by atoms with Gasteiger partial charge in [0.05, 0.1) is 17.6 Å².